The number of ether oxygens (including phenoxy) is 1. The van der Waals surface area contributed by atoms with Crippen molar-refractivity contribution >= 4 is 57.6 Å². The van der Waals surface area contributed by atoms with Gasteiger partial charge in [-0.25, -0.2) is 0 Å². The number of hydrogen-bond donors (Lipinski definition) is 3. The molecule has 1 aliphatic heterocycles. The largest absolute Gasteiger partial charge is 0.496 e. The Labute approximate surface area is 340 Å². The lowest BCUT2D eigenvalue weighted by molar-refractivity contribution is -0.116. The molecule has 11 heteroatoms. The molecule has 0 spiro atoms. The number of nitriles is 1. The smallest absolute Gasteiger partial charge is 0.272 e. The van der Waals surface area contributed by atoms with Gasteiger partial charge in [0.05, 0.1) is 12.7 Å². The first-order valence-electron chi connectivity index (χ1n) is 18.3. The van der Waals surface area contributed by atoms with E-state index in [-0.39, 0.29) is 11.6 Å². The molecule has 284 valence electrons. The minimum absolute atomic E-state index is 0.0167. The summed E-state index contributed by atoms with van der Waals surface area (Å²) in [4.78, 5) is 45.5. The second kappa shape index (κ2) is 18.5. The van der Waals surface area contributed by atoms with Crippen LogP contribution in [0.25, 0.3) is 6.08 Å². The maximum atomic E-state index is 14.2. The molecule has 9 nitrogen and oxygen atoms in total. The van der Waals surface area contributed by atoms with Crippen LogP contribution in [-0.2, 0) is 29.1 Å². The van der Waals surface area contributed by atoms with E-state index in [4.69, 9.17) is 4.74 Å². The number of amides is 3. The lowest BCUT2D eigenvalue weighted by Gasteiger charge is -2.26. The van der Waals surface area contributed by atoms with Crippen molar-refractivity contribution < 1.29 is 19.1 Å². The summed E-state index contributed by atoms with van der Waals surface area (Å²) in [6.45, 7) is 2.35. The van der Waals surface area contributed by atoms with Gasteiger partial charge in [0.2, 0.25) is 5.91 Å². The molecular weight excluding hydrogens is 751 g/mol. The number of thiophene rings is 1. The van der Waals surface area contributed by atoms with Gasteiger partial charge in [-0.15, -0.1) is 23.1 Å². The number of rotatable bonds is 13. The monoisotopic (exact) mass is 789 g/mol. The summed E-state index contributed by atoms with van der Waals surface area (Å²) in [7, 11) is 1.54. The van der Waals surface area contributed by atoms with Gasteiger partial charge in [0.15, 0.2) is 0 Å². The average Bonchev–Trinajstić information content (AvgIpc) is 3.59. The van der Waals surface area contributed by atoms with Crippen LogP contribution in [0.15, 0.2) is 150 Å². The molecule has 0 aliphatic carbocycles. The van der Waals surface area contributed by atoms with Gasteiger partial charge in [0, 0.05) is 46.2 Å². The Balaban J connectivity index is 1.10. The summed E-state index contributed by atoms with van der Waals surface area (Å²) in [5, 5.41) is 18.9. The Morgan fingerprint density at radius 1 is 0.877 bits per heavy atom. The summed E-state index contributed by atoms with van der Waals surface area (Å²) in [5.41, 5.74) is 5.04. The molecule has 0 saturated carbocycles. The van der Waals surface area contributed by atoms with Crippen LogP contribution in [0.3, 0.4) is 0 Å². The van der Waals surface area contributed by atoms with Crippen LogP contribution in [0.1, 0.15) is 48.3 Å². The highest BCUT2D eigenvalue weighted by molar-refractivity contribution is 8.00. The van der Waals surface area contributed by atoms with Crippen LogP contribution in [0.5, 0.6) is 5.75 Å². The van der Waals surface area contributed by atoms with Gasteiger partial charge in [-0.3, -0.25) is 19.3 Å². The molecule has 1 aromatic heterocycles. The molecule has 57 heavy (non-hydrogen) atoms. The van der Waals surface area contributed by atoms with Crippen LogP contribution >= 0.6 is 23.1 Å². The summed E-state index contributed by atoms with van der Waals surface area (Å²) in [5.74, 6) is -0.709. The third kappa shape index (κ3) is 9.69. The van der Waals surface area contributed by atoms with Crippen LogP contribution in [0, 0.1) is 11.3 Å². The first-order valence-corrected chi connectivity index (χ1v) is 20.0. The number of carbonyl (C=O) groups excluding carboxylic acids is 3. The fourth-order valence-electron chi connectivity index (χ4n) is 6.58. The van der Waals surface area contributed by atoms with Gasteiger partial charge in [-0.1, -0.05) is 103 Å². The maximum Gasteiger partial charge on any atom is 0.272 e. The minimum atomic E-state index is -0.677. The van der Waals surface area contributed by atoms with Crippen molar-refractivity contribution in [2.24, 2.45) is 0 Å². The third-order valence-corrected chi connectivity index (χ3v) is 11.8. The quantitative estimate of drug-likeness (QED) is 0.0788. The van der Waals surface area contributed by atoms with E-state index in [1.54, 1.807) is 60.7 Å². The van der Waals surface area contributed by atoms with Crippen molar-refractivity contribution in [2.75, 3.05) is 24.3 Å². The van der Waals surface area contributed by atoms with E-state index in [2.05, 4.69) is 39.1 Å². The van der Waals surface area contributed by atoms with Crippen LogP contribution in [0.4, 0.5) is 10.7 Å². The van der Waals surface area contributed by atoms with Gasteiger partial charge >= 0.3 is 0 Å². The zero-order valence-electron chi connectivity index (χ0n) is 31.1. The molecule has 3 amide bonds. The highest BCUT2D eigenvalue weighted by atomic mass is 32.2. The molecule has 1 unspecified atom stereocenters. The summed E-state index contributed by atoms with van der Waals surface area (Å²) in [6.07, 6.45) is 2.31. The van der Waals surface area contributed by atoms with Gasteiger partial charge in [0.25, 0.3) is 11.8 Å². The highest BCUT2D eigenvalue weighted by Gasteiger charge is 2.28. The predicted molar refractivity (Wildman–Crippen MR) is 227 cm³/mol. The second-order valence-electron chi connectivity index (χ2n) is 13.3. The van der Waals surface area contributed by atoms with Gasteiger partial charge < -0.3 is 20.7 Å². The Hall–Kier alpha value is -6.45. The lowest BCUT2D eigenvalue weighted by Crippen LogP contribution is -2.30. The number of benzene rings is 5. The Kier molecular flexibility index (Phi) is 12.6. The first kappa shape index (κ1) is 38.8. The van der Waals surface area contributed by atoms with E-state index in [1.165, 1.54) is 35.8 Å². The zero-order valence-corrected chi connectivity index (χ0v) is 32.7. The molecule has 7 rings (SSSR count). The molecule has 5 aromatic carbocycles. The van der Waals surface area contributed by atoms with Crippen molar-refractivity contribution in [2.45, 2.75) is 29.7 Å². The summed E-state index contributed by atoms with van der Waals surface area (Å²) in [6, 6.07) is 45.2. The first-order chi connectivity index (χ1) is 27.9. The number of para-hydroxylation sites is 1. The number of anilines is 2. The van der Waals surface area contributed by atoms with E-state index in [0.717, 1.165) is 40.4 Å². The number of carbonyl (C=O) groups is 3. The Bertz CT molecular complexity index is 2450. The van der Waals surface area contributed by atoms with Crippen molar-refractivity contribution in [3.63, 3.8) is 0 Å². The van der Waals surface area contributed by atoms with E-state index < -0.39 is 17.1 Å². The molecule has 0 bridgehead atoms. The SMILES string of the molecule is COc1ccccc1/C=C(/NC(=O)c1ccccc1)C(=O)Nc1cccc(SC(C(=O)Nc2sc3c(c2C#N)CCN(Cc2ccccc2)C3)c2ccccc2)c1. The molecule has 6 aromatic rings. The number of methoxy groups -OCH3 is 1. The van der Waals surface area contributed by atoms with Crippen LogP contribution < -0.4 is 20.7 Å². The number of hydrogen-bond acceptors (Lipinski definition) is 8. The number of nitrogens with one attached hydrogen (secondary N) is 3. The van der Waals surface area contributed by atoms with Gasteiger partial charge in [-0.05, 0) is 65.6 Å². The lowest BCUT2D eigenvalue weighted by atomic mass is 10.0. The molecule has 1 atom stereocenters. The molecule has 3 N–H and O–H groups in total. The van der Waals surface area contributed by atoms with E-state index >= 15 is 0 Å². The summed E-state index contributed by atoms with van der Waals surface area (Å²) < 4.78 is 5.50. The van der Waals surface area contributed by atoms with Crippen molar-refractivity contribution in [1.82, 2.24) is 10.2 Å². The van der Waals surface area contributed by atoms with Crippen molar-refractivity contribution in [3.05, 3.63) is 183 Å². The van der Waals surface area contributed by atoms with Crippen LogP contribution in [-0.4, -0.2) is 36.3 Å². The number of thioether (sulfide) groups is 1. The maximum absolute atomic E-state index is 14.2. The topological polar surface area (TPSA) is 124 Å². The molecule has 2 heterocycles. The second-order valence-corrected chi connectivity index (χ2v) is 15.5. The van der Waals surface area contributed by atoms with Gasteiger partial charge in [0.1, 0.15) is 27.8 Å². The molecule has 0 saturated heterocycles. The van der Waals surface area contributed by atoms with E-state index in [0.29, 0.717) is 39.7 Å². The highest BCUT2D eigenvalue weighted by Crippen LogP contribution is 2.41. The fraction of sp³-hybridized carbons (Fsp3) is 0.130. The van der Waals surface area contributed by atoms with Crippen molar-refractivity contribution in [1.29, 1.82) is 5.26 Å². The normalized spacial score (nSPS) is 13.1. The van der Waals surface area contributed by atoms with E-state index in [1.807, 2.05) is 72.8 Å². The summed E-state index contributed by atoms with van der Waals surface area (Å²) >= 11 is 2.80. The third-order valence-electron chi connectivity index (χ3n) is 9.39. The number of nitrogens with zero attached hydrogens (tertiary/aromatic N) is 2. The van der Waals surface area contributed by atoms with E-state index in [9.17, 15) is 19.6 Å². The molecule has 1 aliphatic rings. The Morgan fingerprint density at radius 3 is 2.32 bits per heavy atom. The average molecular weight is 790 g/mol. The molecule has 0 fully saturated rings. The minimum Gasteiger partial charge on any atom is -0.496 e. The molecular formula is C46H39N5O4S2. The fourth-order valence-corrected chi connectivity index (χ4v) is 8.91. The van der Waals surface area contributed by atoms with Gasteiger partial charge in [-0.2, -0.15) is 5.26 Å². The zero-order chi connectivity index (χ0) is 39.6. The standard InChI is InChI=1S/C46H39N5O4S2/c1-55-40-23-12-11-20-34(40)26-39(49-43(52)33-18-9-4-10-19-33)44(53)48-35-21-13-22-36(27-35)56-42(32-16-7-3-8-17-32)45(54)50-46-38(28-47)37-24-25-51(30-41(37)57-46)29-31-14-5-2-6-15-31/h2-23,26-27,42H,24-25,29-30H2,1H3,(H,48,53)(H,49,52)(H,50,54)/b39-26+. The van der Waals surface area contributed by atoms with Crippen LogP contribution in [0.2, 0.25) is 0 Å². The Morgan fingerprint density at radius 2 is 1.58 bits per heavy atom. The predicted octanol–water partition coefficient (Wildman–Crippen LogP) is 9.07. The van der Waals surface area contributed by atoms with Crippen molar-refractivity contribution in [3.8, 4) is 11.8 Å². The molecule has 0 radical (unpaired) electrons. The number of fused-ring (bicyclic) bond motifs is 1.